The quantitative estimate of drug-likeness (QED) is 0.810. The van der Waals surface area contributed by atoms with Crippen molar-refractivity contribution in [3.8, 4) is 0 Å². The smallest absolute Gasteiger partial charge is 0.317 e. The van der Waals surface area contributed by atoms with E-state index in [1.807, 2.05) is 4.90 Å². The van der Waals surface area contributed by atoms with Crippen LogP contribution in [0.1, 0.15) is 17.0 Å². The average molecular weight is 253 g/mol. The van der Waals surface area contributed by atoms with E-state index in [1.54, 1.807) is 4.90 Å². The molecule has 1 aromatic heterocycles. The molecule has 0 radical (unpaired) electrons. The Balaban J connectivity index is 1.93. The molecule has 7 heteroatoms. The Bertz CT molecular complexity index is 418. The van der Waals surface area contributed by atoms with E-state index in [1.165, 1.54) is 12.3 Å². The Labute approximate surface area is 104 Å². The molecule has 7 nitrogen and oxygen atoms in total. The van der Waals surface area contributed by atoms with E-state index in [2.05, 4.69) is 5.16 Å². The second-order valence-electron chi connectivity index (χ2n) is 4.19. The Kier molecular flexibility index (Phi) is 3.93. The van der Waals surface area contributed by atoms with Gasteiger partial charge in [0.05, 0.1) is 12.7 Å². The molecule has 1 amide bonds. The van der Waals surface area contributed by atoms with Crippen molar-refractivity contribution in [3.05, 3.63) is 18.0 Å². The first-order valence-corrected chi connectivity index (χ1v) is 5.81. The first-order valence-electron chi connectivity index (χ1n) is 5.81. The summed E-state index contributed by atoms with van der Waals surface area (Å²) in [5, 5.41) is 12.2. The van der Waals surface area contributed by atoms with Crippen LogP contribution >= 0.6 is 0 Å². The van der Waals surface area contributed by atoms with Gasteiger partial charge >= 0.3 is 5.97 Å². The van der Waals surface area contributed by atoms with Crippen molar-refractivity contribution in [2.24, 2.45) is 0 Å². The number of hydrogen-bond acceptors (Lipinski definition) is 5. The van der Waals surface area contributed by atoms with Gasteiger partial charge in [-0.15, -0.1) is 0 Å². The van der Waals surface area contributed by atoms with Crippen molar-refractivity contribution in [1.82, 2.24) is 15.0 Å². The Morgan fingerprint density at radius 1 is 1.33 bits per heavy atom. The van der Waals surface area contributed by atoms with Gasteiger partial charge in [-0.25, -0.2) is 0 Å². The van der Waals surface area contributed by atoms with E-state index in [0.717, 1.165) is 6.42 Å². The van der Waals surface area contributed by atoms with Gasteiger partial charge < -0.3 is 14.5 Å². The summed E-state index contributed by atoms with van der Waals surface area (Å²) in [5.41, 5.74) is 0. The third kappa shape index (κ3) is 3.07. The van der Waals surface area contributed by atoms with Crippen molar-refractivity contribution in [2.45, 2.75) is 6.42 Å². The summed E-state index contributed by atoms with van der Waals surface area (Å²) < 4.78 is 4.83. The molecule has 1 aliphatic rings. The highest BCUT2D eigenvalue weighted by molar-refractivity contribution is 5.91. The van der Waals surface area contributed by atoms with Gasteiger partial charge in [-0.2, -0.15) is 0 Å². The number of aliphatic carboxylic acids is 1. The molecule has 98 valence electrons. The molecule has 0 bridgehead atoms. The van der Waals surface area contributed by atoms with Crippen LogP contribution in [-0.4, -0.2) is 64.7 Å². The Hall–Kier alpha value is -1.89. The maximum atomic E-state index is 12.0. The van der Waals surface area contributed by atoms with Gasteiger partial charge in [0.15, 0.2) is 0 Å². The number of carbonyl (C=O) groups is 2. The lowest BCUT2D eigenvalue weighted by molar-refractivity contribution is -0.138. The molecule has 1 saturated heterocycles. The van der Waals surface area contributed by atoms with E-state index in [-0.39, 0.29) is 18.2 Å². The SMILES string of the molecule is O=C(O)CN1CCCN(C(=O)c2ccno2)CC1. The predicted octanol–water partition coefficient (Wildman–Crippen LogP) is -0.0929. The van der Waals surface area contributed by atoms with Crippen molar-refractivity contribution >= 4 is 11.9 Å². The molecule has 1 aromatic rings. The largest absolute Gasteiger partial charge is 0.480 e. The molecule has 18 heavy (non-hydrogen) atoms. The molecule has 0 aromatic carbocycles. The van der Waals surface area contributed by atoms with Crippen LogP contribution in [0.25, 0.3) is 0 Å². The van der Waals surface area contributed by atoms with Gasteiger partial charge in [0.25, 0.3) is 5.91 Å². The van der Waals surface area contributed by atoms with Gasteiger partial charge in [-0.05, 0) is 6.42 Å². The Morgan fingerprint density at radius 3 is 2.83 bits per heavy atom. The van der Waals surface area contributed by atoms with Gasteiger partial charge in [0, 0.05) is 32.2 Å². The molecule has 1 fully saturated rings. The molecule has 0 saturated carbocycles. The van der Waals surface area contributed by atoms with Crippen LogP contribution in [0.2, 0.25) is 0 Å². The standard InChI is InChI=1S/C11H15N3O4/c15-10(16)8-13-4-1-5-14(7-6-13)11(17)9-2-3-12-18-9/h2-3H,1,4-8H2,(H,15,16). The molecule has 0 spiro atoms. The van der Waals surface area contributed by atoms with Gasteiger partial charge in [-0.1, -0.05) is 5.16 Å². The summed E-state index contributed by atoms with van der Waals surface area (Å²) in [5.74, 6) is -0.809. The minimum absolute atomic E-state index is 0.0182. The number of carbonyl (C=O) groups excluding carboxylic acids is 1. The molecular formula is C11H15N3O4. The lowest BCUT2D eigenvalue weighted by Crippen LogP contribution is -2.36. The zero-order chi connectivity index (χ0) is 13.0. The number of rotatable bonds is 3. The highest BCUT2D eigenvalue weighted by atomic mass is 16.5. The number of carboxylic acid groups (broad SMARTS) is 1. The monoisotopic (exact) mass is 253 g/mol. The number of carboxylic acids is 1. The van der Waals surface area contributed by atoms with Crippen LogP contribution in [0.15, 0.2) is 16.8 Å². The van der Waals surface area contributed by atoms with E-state index >= 15 is 0 Å². The maximum absolute atomic E-state index is 12.0. The van der Waals surface area contributed by atoms with Crippen molar-refractivity contribution in [3.63, 3.8) is 0 Å². The third-order valence-corrected chi connectivity index (χ3v) is 2.88. The molecule has 2 heterocycles. The summed E-state index contributed by atoms with van der Waals surface area (Å²) in [4.78, 5) is 26.1. The minimum Gasteiger partial charge on any atom is -0.480 e. The van der Waals surface area contributed by atoms with Gasteiger partial charge in [0.1, 0.15) is 0 Å². The van der Waals surface area contributed by atoms with Crippen LogP contribution in [0.3, 0.4) is 0 Å². The maximum Gasteiger partial charge on any atom is 0.317 e. The van der Waals surface area contributed by atoms with E-state index < -0.39 is 5.97 Å². The summed E-state index contributed by atoms with van der Waals surface area (Å²) in [6.45, 7) is 2.38. The second kappa shape index (κ2) is 5.63. The molecule has 0 unspecified atom stereocenters. The molecule has 0 atom stereocenters. The number of amides is 1. The number of hydrogen-bond donors (Lipinski definition) is 1. The summed E-state index contributed by atoms with van der Waals surface area (Å²) >= 11 is 0. The fourth-order valence-corrected chi connectivity index (χ4v) is 2.01. The van der Waals surface area contributed by atoms with Crippen LogP contribution in [0, 0.1) is 0 Å². The zero-order valence-corrected chi connectivity index (χ0v) is 9.91. The van der Waals surface area contributed by atoms with Crippen LogP contribution in [0.5, 0.6) is 0 Å². The number of aromatic nitrogens is 1. The first kappa shape index (κ1) is 12.6. The second-order valence-corrected chi connectivity index (χ2v) is 4.19. The molecule has 2 rings (SSSR count). The van der Waals surface area contributed by atoms with Gasteiger partial charge in [-0.3, -0.25) is 14.5 Å². The first-order chi connectivity index (χ1) is 8.66. The normalized spacial score (nSPS) is 17.4. The fraction of sp³-hybridized carbons (Fsp3) is 0.545. The van der Waals surface area contributed by atoms with Gasteiger partial charge in [0.2, 0.25) is 5.76 Å². The number of nitrogens with zero attached hydrogens (tertiary/aromatic N) is 3. The molecule has 0 aliphatic carbocycles. The highest BCUT2D eigenvalue weighted by Crippen LogP contribution is 2.08. The summed E-state index contributed by atoms with van der Waals surface area (Å²) in [6.07, 6.45) is 2.19. The topological polar surface area (TPSA) is 86.9 Å². The van der Waals surface area contributed by atoms with Crippen molar-refractivity contribution in [2.75, 3.05) is 32.7 Å². The predicted molar refractivity (Wildman–Crippen MR) is 61.1 cm³/mol. The minimum atomic E-state index is -0.843. The fourth-order valence-electron chi connectivity index (χ4n) is 2.01. The molecular weight excluding hydrogens is 238 g/mol. The Morgan fingerprint density at radius 2 is 2.17 bits per heavy atom. The zero-order valence-electron chi connectivity index (χ0n) is 9.91. The lowest BCUT2D eigenvalue weighted by atomic mass is 10.3. The third-order valence-electron chi connectivity index (χ3n) is 2.88. The summed E-state index contributed by atoms with van der Waals surface area (Å²) in [7, 11) is 0. The molecule has 1 N–H and O–H groups in total. The van der Waals surface area contributed by atoms with Crippen LogP contribution in [-0.2, 0) is 4.79 Å². The van der Waals surface area contributed by atoms with Crippen molar-refractivity contribution < 1.29 is 19.2 Å². The van der Waals surface area contributed by atoms with Crippen LogP contribution in [0.4, 0.5) is 0 Å². The summed E-state index contributed by atoms with van der Waals surface area (Å²) in [6, 6.07) is 1.53. The highest BCUT2D eigenvalue weighted by Gasteiger charge is 2.23. The lowest BCUT2D eigenvalue weighted by Gasteiger charge is -2.19. The molecule has 1 aliphatic heterocycles. The van der Waals surface area contributed by atoms with Crippen molar-refractivity contribution in [1.29, 1.82) is 0 Å². The van der Waals surface area contributed by atoms with E-state index in [4.69, 9.17) is 9.63 Å². The van der Waals surface area contributed by atoms with E-state index in [9.17, 15) is 9.59 Å². The average Bonchev–Trinajstić information content (AvgIpc) is 2.76. The van der Waals surface area contributed by atoms with E-state index in [0.29, 0.717) is 26.2 Å². The van der Waals surface area contributed by atoms with Crippen LogP contribution < -0.4 is 0 Å².